The molecule has 0 aromatic heterocycles. The minimum atomic E-state index is -0.622. The molecule has 0 spiro atoms. The number of amides is 1. The summed E-state index contributed by atoms with van der Waals surface area (Å²) >= 11 is 5.05. The van der Waals surface area contributed by atoms with E-state index in [1.54, 1.807) is 24.3 Å². The van der Waals surface area contributed by atoms with Crippen LogP contribution in [0.1, 0.15) is 32.3 Å². The van der Waals surface area contributed by atoms with E-state index in [-0.39, 0.29) is 18.1 Å². The molecule has 0 heterocycles. The average molecular weight is 280 g/mol. The van der Waals surface area contributed by atoms with E-state index >= 15 is 0 Å². The van der Waals surface area contributed by atoms with Crippen LogP contribution in [0.2, 0.25) is 0 Å². The van der Waals surface area contributed by atoms with E-state index in [2.05, 4.69) is 5.32 Å². The van der Waals surface area contributed by atoms with Gasteiger partial charge in [-0.2, -0.15) is 0 Å². The highest BCUT2D eigenvalue weighted by molar-refractivity contribution is 7.80. The number of hydrogen-bond donors (Lipinski definition) is 3. The Morgan fingerprint density at radius 3 is 2.53 bits per heavy atom. The smallest absolute Gasteiger partial charge is 0.225 e. The number of thiocarbonyl (C=S) groups is 1. The summed E-state index contributed by atoms with van der Waals surface area (Å²) in [5.74, 6) is -0.000933. The summed E-state index contributed by atoms with van der Waals surface area (Å²) in [4.78, 5) is 12.4. The average Bonchev–Trinajstić information content (AvgIpc) is 2.35. The lowest BCUT2D eigenvalue weighted by atomic mass is 9.92. The Hall–Kier alpha value is -1.62. The van der Waals surface area contributed by atoms with Gasteiger partial charge in [-0.05, 0) is 30.5 Å². The fraction of sp³-hybridized carbons (Fsp3) is 0.429. The fourth-order valence-corrected chi connectivity index (χ4v) is 2.34. The van der Waals surface area contributed by atoms with E-state index in [0.29, 0.717) is 17.8 Å². The summed E-state index contributed by atoms with van der Waals surface area (Å²) in [6.45, 7) is 3.88. The highest BCUT2D eigenvalue weighted by Gasteiger charge is 2.31. The molecule has 1 amide bonds. The van der Waals surface area contributed by atoms with Gasteiger partial charge in [0.15, 0.2) is 0 Å². The predicted octanol–water partition coefficient (Wildman–Crippen LogP) is 1.90. The van der Waals surface area contributed by atoms with Crippen LogP contribution < -0.4 is 11.1 Å². The maximum Gasteiger partial charge on any atom is 0.225 e. The molecule has 0 bridgehead atoms. The normalized spacial score (nSPS) is 11.1. The van der Waals surface area contributed by atoms with E-state index < -0.39 is 5.54 Å². The van der Waals surface area contributed by atoms with Crippen LogP contribution in [0, 0.1) is 0 Å². The van der Waals surface area contributed by atoms with Crippen molar-refractivity contribution in [2.24, 2.45) is 5.73 Å². The number of hydrogen-bond acceptors (Lipinski definition) is 3. The molecule has 1 aromatic carbocycles. The molecule has 4 nitrogen and oxygen atoms in total. The van der Waals surface area contributed by atoms with Crippen LogP contribution in [0.5, 0.6) is 5.75 Å². The Morgan fingerprint density at radius 1 is 1.42 bits per heavy atom. The van der Waals surface area contributed by atoms with Crippen molar-refractivity contribution in [1.82, 2.24) is 5.32 Å². The number of nitrogens with one attached hydrogen (secondary N) is 1. The number of benzene rings is 1. The second kappa shape index (κ2) is 6.52. The summed E-state index contributed by atoms with van der Waals surface area (Å²) in [7, 11) is 0. The van der Waals surface area contributed by atoms with Gasteiger partial charge in [-0.25, -0.2) is 0 Å². The Balaban J connectivity index is 2.76. The molecule has 0 fully saturated rings. The molecule has 0 aliphatic carbocycles. The minimum Gasteiger partial charge on any atom is -0.508 e. The number of phenolic OH excluding ortho intramolecular Hbond substituents is 1. The van der Waals surface area contributed by atoms with Crippen LogP contribution in [0.25, 0.3) is 0 Å². The molecule has 1 rings (SSSR count). The summed E-state index contributed by atoms with van der Waals surface area (Å²) in [5, 5.41) is 12.3. The van der Waals surface area contributed by atoms with Crippen molar-refractivity contribution in [1.29, 1.82) is 0 Å². The quantitative estimate of drug-likeness (QED) is 0.696. The lowest BCUT2D eigenvalue weighted by molar-refractivity contribution is -0.121. The number of carbonyl (C=O) groups excluding carboxylic acids is 1. The Labute approximate surface area is 119 Å². The summed E-state index contributed by atoms with van der Waals surface area (Å²) < 4.78 is 0. The van der Waals surface area contributed by atoms with Gasteiger partial charge in [-0.15, -0.1) is 0 Å². The van der Waals surface area contributed by atoms with Crippen molar-refractivity contribution in [2.75, 3.05) is 0 Å². The van der Waals surface area contributed by atoms with Gasteiger partial charge < -0.3 is 16.2 Å². The topological polar surface area (TPSA) is 75.3 Å². The maximum atomic E-state index is 12.1. The minimum absolute atomic E-state index is 0.150. The van der Waals surface area contributed by atoms with Gasteiger partial charge in [0, 0.05) is 0 Å². The second-order valence-electron chi connectivity index (χ2n) is 4.55. The number of phenols is 1. The van der Waals surface area contributed by atoms with E-state index in [9.17, 15) is 9.90 Å². The molecule has 1 aromatic rings. The number of rotatable bonds is 6. The largest absolute Gasteiger partial charge is 0.508 e. The van der Waals surface area contributed by atoms with Gasteiger partial charge in [0.2, 0.25) is 5.91 Å². The molecular weight excluding hydrogens is 260 g/mol. The van der Waals surface area contributed by atoms with Crippen LogP contribution in [-0.4, -0.2) is 21.5 Å². The first-order valence-corrected chi connectivity index (χ1v) is 6.73. The molecule has 0 saturated carbocycles. The first-order chi connectivity index (χ1) is 8.93. The number of carbonyl (C=O) groups is 1. The standard InChI is InChI=1S/C14H20N2O2S/c1-3-14(4-2,13(15)19)16-12(18)9-10-6-5-7-11(17)8-10/h5-8,17H,3-4,9H2,1-2H3,(H2,15,19)(H,16,18). The summed E-state index contributed by atoms with van der Waals surface area (Å²) in [6.07, 6.45) is 1.51. The Kier molecular flexibility index (Phi) is 5.30. The van der Waals surface area contributed by atoms with Crippen LogP contribution in [0.4, 0.5) is 0 Å². The molecule has 0 aliphatic heterocycles. The van der Waals surface area contributed by atoms with Gasteiger partial charge in [0.25, 0.3) is 0 Å². The SMILES string of the molecule is CCC(CC)(NC(=O)Cc1cccc(O)c1)C(N)=S. The van der Waals surface area contributed by atoms with Crippen molar-refractivity contribution in [3.8, 4) is 5.75 Å². The second-order valence-corrected chi connectivity index (χ2v) is 4.99. The van der Waals surface area contributed by atoms with Crippen LogP contribution in [-0.2, 0) is 11.2 Å². The van der Waals surface area contributed by atoms with Crippen molar-refractivity contribution >= 4 is 23.1 Å². The third kappa shape index (κ3) is 3.92. The van der Waals surface area contributed by atoms with Crippen LogP contribution >= 0.6 is 12.2 Å². The third-order valence-electron chi connectivity index (χ3n) is 3.33. The molecule has 104 valence electrons. The van der Waals surface area contributed by atoms with E-state index in [1.807, 2.05) is 13.8 Å². The maximum absolute atomic E-state index is 12.1. The Bertz CT molecular complexity index is 470. The zero-order valence-electron chi connectivity index (χ0n) is 11.3. The van der Waals surface area contributed by atoms with Gasteiger partial charge in [0.05, 0.1) is 16.9 Å². The van der Waals surface area contributed by atoms with Crippen LogP contribution in [0.3, 0.4) is 0 Å². The van der Waals surface area contributed by atoms with Gasteiger partial charge >= 0.3 is 0 Å². The van der Waals surface area contributed by atoms with E-state index in [1.165, 1.54) is 0 Å². The van der Waals surface area contributed by atoms with Crippen molar-refractivity contribution in [3.63, 3.8) is 0 Å². The lowest BCUT2D eigenvalue weighted by Crippen LogP contribution is -2.56. The molecule has 19 heavy (non-hydrogen) atoms. The van der Waals surface area contributed by atoms with E-state index in [4.69, 9.17) is 18.0 Å². The first kappa shape index (κ1) is 15.4. The zero-order valence-corrected chi connectivity index (χ0v) is 12.1. The fourth-order valence-electron chi connectivity index (χ4n) is 2.00. The summed E-state index contributed by atoms with van der Waals surface area (Å²) in [6, 6.07) is 6.64. The monoisotopic (exact) mass is 280 g/mol. The molecule has 0 atom stereocenters. The van der Waals surface area contributed by atoms with Gasteiger partial charge in [0.1, 0.15) is 5.75 Å². The number of aromatic hydroxyl groups is 1. The molecule has 5 heteroatoms. The van der Waals surface area contributed by atoms with Gasteiger partial charge in [-0.3, -0.25) is 4.79 Å². The molecule has 4 N–H and O–H groups in total. The van der Waals surface area contributed by atoms with Gasteiger partial charge in [-0.1, -0.05) is 38.2 Å². The van der Waals surface area contributed by atoms with E-state index in [0.717, 1.165) is 5.56 Å². The molecule has 0 aliphatic rings. The van der Waals surface area contributed by atoms with Crippen molar-refractivity contribution in [3.05, 3.63) is 29.8 Å². The number of nitrogens with two attached hydrogens (primary N) is 1. The van der Waals surface area contributed by atoms with Crippen molar-refractivity contribution < 1.29 is 9.90 Å². The molecular formula is C14H20N2O2S. The predicted molar refractivity (Wildman–Crippen MR) is 80.1 cm³/mol. The highest BCUT2D eigenvalue weighted by Crippen LogP contribution is 2.17. The van der Waals surface area contributed by atoms with Crippen LogP contribution in [0.15, 0.2) is 24.3 Å². The summed E-state index contributed by atoms with van der Waals surface area (Å²) in [5.41, 5.74) is 5.86. The molecule has 0 radical (unpaired) electrons. The Morgan fingerprint density at radius 2 is 2.05 bits per heavy atom. The lowest BCUT2D eigenvalue weighted by Gasteiger charge is -2.31. The third-order valence-corrected chi connectivity index (χ3v) is 3.72. The molecule has 0 unspecified atom stereocenters. The first-order valence-electron chi connectivity index (χ1n) is 6.32. The highest BCUT2D eigenvalue weighted by atomic mass is 32.1. The van der Waals surface area contributed by atoms with Crippen molar-refractivity contribution in [2.45, 2.75) is 38.6 Å². The molecule has 0 saturated heterocycles. The zero-order chi connectivity index (χ0) is 14.5.